The van der Waals surface area contributed by atoms with E-state index in [-0.39, 0.29) is 5.91 Å². The summed E-state index contributed by atoms with van der Waals surface area (Å²) < 4.78 is 10.5. The number of ether oxygens (including phenoxy) is 2. The third-order valence-electron chi connectivity index (χ3n) is 4.93. The summed E-state index contributed by atoms with van der Waals surface area (Å²) in [6.45, 7) is 0.407. The third kappa shape index (κ3) is 4.10. The molecule has 0 bridgehead atoms. The number of nitrogens with zero attached hydrogens (tertiary/aromatic N) is 1. The fourth-order valence-electron chi connectivity index (χ4n) is 3.33. The first-order valence-corrected chi connectivity index (χ1v) is 9.63. The number of methoxy groups -OCH3 is 2. The molecule has 5 nitrogen and oxygen atoms in total. The largest absolute Gasteiger partial charge is 0.497 e. The van der Waals surface area contributed by atoms with Crippen molar-refractivity contribution in [3.63, 3.8) is 0 Å². The Kier molecular flexibility index (Phi) is 5.61. The van der Waals surface area contributed by atoms with Crippen LogP contribution in [-0.2, 0) is 6.54 Å². The lowest BCUT2D eigenvalue weighted by molar-refractivity contribution is 0.0952. The average Bonchev–Trinajstić information content (AvgIpc) is 2.82. The number of aromatic nitrogens is 1. The van der Waals surface area contributed by atoms with Crippen molar-refractivity contribution in [2.75, 3.05) is 14.2 Å². The van der Waals surface area contributed by atoms with Crippen molar-refractivity contribution in [1.29, 1.82) is 0 Å². The summed E-state index contributed by atoms with van der Waals surface area (Å²) >= 11 is 0. The van der Waals surface area contributed by atoms with E-state index >= 15 is 0 Å². The smallest absolute Gasteiger partial charge is 0.252 e. The van der Waals surface area contributed by atoms with Crippen molar-refractivity contribution in [2.45, 2.75) is 6.54 Å². The highest BCUT2D eigenvalue weighted by molar-refractivity contribution is 6.07. The molecule has 4 rings (SSSR count). The maximum atomic E-state index is 13.1. The first-order valence-electron chi connectivity index (χ1n) is 9.63. The molecule has 0 spiro atoms. The van der Waals surface area contributed by atoms with Crippen LogP contribution in [0.25, 0.3) is 22.2 Å². The van der Waals surface area contributed by atoms with Gasteiger partial charge in [0.15, 0.2) is 0 Å². The minimum absolute atomic E-state index is 0.147. The standard InChI is InChI=1S/C25H22N2O3/c1-29-19-12-10-18(11-13-19)24-15-22(21-8-3-4-9-23(21)27-24)25(28)26-16-17-6-5-7-20(14-17)30-2/h3-15H,16H2,1-2H3,(H,26,28). The van der Waals surface area contributed by atoms with Gasteiger partial charge < -0.3 is 14.8 Å². The topological polar surface area (TPSA) is 60.5 Å². The second kappa shape index (κ2) is 8.66. The van der Waals surface area contributed by atoms with Gasteiger partial charge in [-0.05, 0) is 54.1 Å². The van der Waals surface area contributed by atoms with Gasteiger partial charge >= 0.3 is 0 Å². The number of pyridine rings is 1. The maximum absolute atomic E-state index is 13.1. The van der Waals surface area contributed by atoms with E-state index < -0.39 is 0 Å². The van der Waals surface area contributed by atoms with Gasteiger partial charge in [0, 0.05) is 17.5 Å². The summed E-state index contributed by atoms with van der Waals surface area (Å²) in [5.41, 5.74) is 3.99. The molecule has 4 aromatic rings. The molecule has 30 heavy (non-hydrogen) atoms. The lowest BCUT2D eigenvalue weighted by Gasteiger charge is -2.11. The van der Waals surface area contributed by atoms with Crippen molar-refractivity contribution in [2.24, 2.45) is 0 Å². The number of hydrogen-bond acceptors (Lipinski definition) is 4. The highest BCUT2D eigenvalue weighted by Crippen LogP contribution is 2.26. The van der Waals surface area contributed by atoms with Crippen LogP contribution in [0.3, 0.4) is 0 Å². The van der Waals surface area contributed by atoms with Gasteiger partial charge in [0.05, 0.1) is 31.0 Å². The normalized spacial score (nSPS) is 10.6. The molecule has 0 unspecified atom stereocenters. The summed E-state index contributed by atoms with van der Waals surface area (Å²) in [4.78, 5) is 17.8. The molecule has 0 aliphatic heterocycles. The Morgan fingerprint density at radius 2 is 1.63 bits per heavy atom. The van der Waals surface area contributed by atoms with Crippen molar-refractivity contribution < 1.29 is 14.3 Å². The highest BCUT2D eigenvalue weighted by atomic mass is 16.5. The average molecular weight is 398 g/mol. The van der Waals surface area contributed by atoms with Crippen LogP contribution in [0.4, 0.5) is 0 Å². The lowest BCUT2D eigenvalue weighted by atomic mass is 10.0. The Hall–Kier alpha value is -3.86. The Labute approximate surface area is 175 Å². The van der Waals surface area contributed by atoms with Crippen molar-refractivity contribution >= 4 is 16.8 Å². The number of para-hydroxylation sites is 1. The quantitative estimate of drug-likeness (QED) is 0.504. The van der Waals surface area contributed by atoms with Crippen LogP contribution >= 0.6 is 0 Å². The van der Waals surface area contributed by atoms with Crippen LogP contribution in [-0.4, -0.2) is 25.1 Å². The monoisotopic (exact) mass is 398 g/mol. The number of nitrogens with one attached hydrogen (secondary N) is 1. The number of carbonyl (C=O) groups is 1. The Morgan fingerprint density at radius 3 is 2.40 bits per heavy atom. The van der Waals surface area contributed by atoms with Gasteiger partial charge in [0.2, 0.25) is 0 Å². The van der Waals surface area contributed by atoms with E-state index in [9.17, 15) is 4.79 Å². The molecular formula is C25H22N2O3. The van der Waals surface area contributed by atoms with Crippen LogP contribution in [0.15, 0.2) is 78.9 Å². The molecular weight excluding hydrogens is 376 g/mol. The fraction of sp³-hybridized carbons (Fsp3) is 0.120. The molecule has 1 N–H and O–H groups in total. The molecule has 1 aromatic heterocycles. The van der Waals surface area contributed by atoms with Crippen LogP contribution in [0, 0.1) is 0 Å². The first-order chi connectivity index (χ1) is 14.7. The predicted molar refractivity (Wildman–Crippen MR) is 118 cm³/mol. The molecule has 0 radical (unpaired) electrons. The van der Waals surface area contributed by atoms with E-state index in [1.807, 2.05) is 78.9 Å². The molecule has 1 heterocycles. The Bertz CT molecular complexity index is 1190. The Morgan fingerprint density at radius 1 is 0.867 bits per heavy atom. The first kappa shape index (κ1) is 19.5. The minimum Gasteiger partial charge on any atom is -0.497 e. The lowest BCUT2D eigenvalue weighted by Crippen LogP contribution is -2.23. The molecule has 0 saturated carbocycles. The van der Waals surface area contributed by atoms with Gasteiger partial charge in [-0.25, -0.2) is 4.98 Å². The number of rotatable bonds is 6. The third-order valence-corrected chi connectivity index (χ3v) is 4.93. The molecule has 1 amide bonds. The van der Waals surface area contributed by atoms with Crippen LogP contribution < -0.4 is 14.8 Å². The molecule has 3 aromatic carbocycles. The van der Waals surface area contributed by atoms with E-state index in [0.717, 1.165) is 39.2 Å². The number of hydrogen-bond donors (Lipinski definition) is 1. The van der Waals surface area contributed by atoms with Crippen molar-refractivity contribution in [3.05, 3.63) is 90.0 Å². The zero-order valence-electron chi connectivity index (χ0n) is 16.9. The second-order valence-corrected chi connectivity index (χ2v) is 6.83. The van der Waals surface area contributed by atoms with E-state index in [2.05, 4.69) is 5.32 Å². The van der Waals surface area contributed by atoms with Gasteiger partial charge in [0.1, 0.15) is 11.5 Å². The van der Waals surface area contributed by atoms with Crippen molar-refractivity contribution in [3.8, 4) is 22.8 Å². The number of carbonyl (C=O) groups excluding carboxylic acids is 1. The minimum atomic E-state index is -0.147. The van der Waals surface area contributed by atoms with Crippen LogP contribution in [0.1, 0.15) is 15.9 Å². The van der Waals surface area contributed by atoms with Gasteiger partial charge in [-0.2, -0.15) is 0 Å². The summed E-state index contributed by atoms with van der Waals surface area (Å²) in [5.74, 6) is 1.39. The van der Waals surface area contributed by atoms with Gasteiger partial charge in [0.25, 0.3) is 5.91 Å². The predicted octanol–water partition coefficient (Wildman–Crippen LogP) is 4.85. The summed E-state index contributed by atoms with van der Waals surface area (Å²) in [7, 11) is 3.26. The van der Waals surface area contributed by atoms with E-state index in [1.54, 1.807) is 14.2 Å². The number of benzene rings is 3. The zero-order valence-corrected chi connectivity index (χ0v) is 16.9. The molecule has 0 aliphatic rings. The summed E-state index contributed by atoms with van der Waals surface area (Å²) in [5, 5.41) is 3.83. The highest BCUT2D eigenvalue weighted by Gasteiger charge is 2.14. The SMILES string of the molecule is COc1ccc(-c2cc(C(=O)NCc3cccc(OC)c3)c3ccccc3n2)cc1. The fourth-order valence-corrected chi connectivity index (χ4v) is 3.33. The molecule has 150 valence electrons. The van der Waals surface area contributed by atoms with Gasteiger partial charge in [-0.15, -0.1) is 0 Å². The molecule has 0 aliphatic carbocycles. The number of fused-ring (bicyclic) bond motifs is 1. The molecule has 5 heteroatoms. The van der Waals surface area contributed by atoms with Crippen LogP contribution in [0.2, 0.25) is 0 Å². The second-order valence-electron chi connectivity index (χ2n) is 6.83. The van der Waals surface area contributed by atoms with Crippen molar-refractivity contribution in [1.82, 2.24) is 10.3 Å². The molecule has 0 atom stereocenters. The van der Waals surface area contributed by atoms with Gasteiger partial charge in [-0.1, -0.05) is 30.3 Å². The maximum Gasteiger partial charge on any atom is 0.252 e. The zero-order chi connectivity index (χ0) is 20.9. The van der Waals surface area contributed by atoms with E-state index in [4.69, 9.17) is 14.5 Å². The summed E-state index contributed by atoms with van der Waals surface area (Å²) in [6.07, 6.45) is 0. The molecule has 0 fully saturated rings. The van der Waals surface area contributed by atoms with Crippen LogP contribution in [0.5, 0.6) is 11.5 Å². The van der Waals surface area contributed by atoms with Gasteiger partial charge in [-0.3, -0.25) is 4.79 Å². The van der Waals surface area contributed by atoms with E-state index in [0.29, 0.717) is 12.1 Å². The molecule has 0 saturated heterocycles. The van der Waals surface area contributed by atoms with E-state index in [1.165, 1.54) is 0 Å². The number of amides is 1. The summed E-state index contributed by atoms with van der Waals surface area (Å²) in [6, 6.07) is 24.8. The Balaban J connectivity index is 1.66.